The topological polar surface area (TPSA) is 26.3 Å². The van der Waals surface area contributed by atoms with Gasteiger partial charge in [-0.25, -0.2) is 0 Å². The van der Waals surface area contributed by atoms with Crippen LogP contribution in [0.5, 0.6) is 5.75 Å². The number of Topliss-reactive ketones (excluding diaryl/α,β-unsaturated/α-hetero) is 1. The van der Waals surface area contributed by atoms with Crippen LogP contribution in [0, 0.1) is 5.92 Å². The molecule has 2 nitrogen and oxygen atoms in total. The van der Waals surface area contributed by atoms with Gasteiger partial charge < -0.3 is 4.74 Å². The van der Waals surface area contributed by atoms with Crippen molar-refractivity contribution in [3.8, 4) is 5.75 Å². The van der Waals surface area contributed by atoms with Crippen LogP contribution in [0.3, 0.4) is 0 Å². The smallest absolute Gasteiger partial charge is 0.398 e. The third kappa shape index (κ3) is 4.53. The van der Waals surface area contributed by atoms with Crippen LogP contribution in [-0.2, 0) is 12.8 Å². The minimum atomic E-state index is -4.52. The number of halogens is 3. The highest BCUT2D eigenvalue weighted by Gasteiger charge is 2.41. The molecular formula is C23H21F3O2. The molecule has 0 aromatic heterocycles. The normalized spacial score (nSPS) is 12.8. The lowest BCUT2D eigenvalue weighted by atomic mass is 9.96. The van der Waals surface area contributed by atoms with Gasteiger partial charge in [0, 0.05) is 5.56 Å². The zero-order chi connectivity index (χ0) is 20.3. The Balaban J connectivity index is 1.66. The summed E-state index contributed by atoms with van der Waals surface area (Å²) in [5.74, 6) is -2.08. The number of carbonyl (C=O) groups is 1. The fourth-order valence-electron chi connectivity index (χ4n) is 3.08. The second-order valence-corrected chi connectivity index (χ2v) is 6.87. The number of ether oxygens (including phenoxy) is 1. The van der Waals surface area contributed by atoms with Crippen molar-refractivity contribution in [3.05, 3.63) is 77.4 Å². The summed E-state index contributed by atoms with van der Waals surface area (Å²) in [4.78, 5) is 11.9. The predicted molar refractivity (Wildman–Crippen MR) is 104 cm³/mol. The van der Waals surface area contributed by atoms with Crippen LogP contribution in [-0.4, -0.2) is 19.1 Å². The first-order valence-electron chi connectivity index (χ1n) is 9.04. The molecule has 0 aliphatic heterocycles. The third-order valence-corrected chi connectivity index (χ3v) is 4.94. The molecule has 3 aromatic carbocycles. The number of aryl methyl sites for hydroxylation is 2. The van der Waals surface area contributed by atoms with Crippen molar-refractivity contribution < 1.29 is 22.7 Å². The Hall–Kier alpha value is -2.82. The van der Waals surface area contributed by atoms with Gasteiger partial charge in [0.25, 0.3) is 0 Å². The Bertz CT molecular complexity index is 975. The summed E-state index contributed by atoms with van der Waals surface area (Å²) in [7, 11) is 1.64. The summed E-state index contributed by atoms with van der Waals surface area (Å²) in [5, 5.41) is 2.23. The van der Waals surface area contributed by atoms with Crippen molar-refractivity contribution in [1.82, 2.24) is 0 Å². The van der Waals surface area contributed by atoms with Gasteiger partial charge in [-0.2, -0.15) is 13.2 Å². The van der Waals surface area contributed by atoms with Gasteiger partial charge in [-0.15, -0.1) is 0 Å². The first-order chi connectivity index (χ1) is 13.3. The van der Waals surface area contributed by atoms with Crippen LogP contribution in [0.15, 0.2) is 60.7 Å². The zero-order valence-corrected chi connectivity index (χ0v) is 15.7. The molecule has 0 heterocycles. The van der Waals surface area contributed by atoms with Crippen molar-refractivity contribution in [2.45, 2.75) is 25.9 Å². The molecule has 0 radical (unpaired) electrons. The van der Waals surface area contributed by atoms with E-state index in [-0.39, 0.29) is 5.56 Å². The highest BCUT2D eigenvalue weighted by molar-refractivity contribution is 5.98. The summed E-state index contributed by atoms with van der Waals surface area (Å²) < 4.78 is 43.3. The van der Waals surface area contributed by atoms with E-state index in [4.69, 9.17) is 4.74 Å². The molecule has 0 saturated heterocycles. The zero-order valence-electron chi connectivity index (χ0n) is 15.7. The molecule has 0 N–H and O–H groups in total. The minimum Gasteiger partial charge on any atom is -0.497 e. The summed E-state index contributed by atoms with van der Waals surface area (Å²) in [6.07, 6.45) is -2.98. The Labute approximate surface area is 161 Å². The number of alkyl halides is 3. The van der Waals surface area contributed by atoms with Gasteiger partial charge in [0.2, 0.25) is 0 Å². The Kier molecular flexibility index (Phi) is 5.73. The number of carbonyl (C=O) groups excluding carboxylic acids is 1. The third-order valence-electron chi connectivity index (χ3n) is 4.94. The van der Waals surface area contributed by atoms with Crippen molar-refractivity contribution >= 4 is 16.6 Å². The number of fused-ring (bicyclic) bond motifs is 1. The van der Waals surface area contributed by atoms with E-state index in [9.17, 15) is 18.0 Å². The Morgan fingerprint density at radius 1 is 0.893 bits per heavy atom. The maximum absolute atomic E-state index is 12.7. The van der Waals surface area contributed by atoms with E-state index in [2.05, 4.69) is 12.1 Å². The molecule has 0 saturated carbocycles. The minimum absolute atomic E-state index is 0.0910. The molecule has 146 valence electrons. The SMILES string of the molecule is COc1ccc2cc(CCc3ccc(C(=O)C(C)C(F)(F)F)cc3)ccc2c1. The largest absolute Gasteiger partial charge is 0.497 e. The van der Waals surface area contributed by atoms with Gasteiger partial charge in [-0.1, -0.05) is 48.5 Å². The fourth-order valence-corrected chi connectivity index (χ4v) is 3.08. The van der Waals surface area contributed by atoms with Crippen molar-refractivity contribution in [2.75, 3.05) is 7.11 Å². The maximum Gasteiger partial charge on any atom is 0.398 e. The highest BCUT2D eigenvalue weighted by atomic mass is 19.4. The molecule has 28 heavy (non-hydrogen) atoms. The van der Waals surface area contributed by atoms with E-state index in [1.54, 1.807) is 19.2 Å². The summed E-state index contributed by atoms with van der Waals surface area (Å²) >= 11 is 0. The standard InChI is InChI=1S/C23H21F3O2/c1-15(23(24,25)26)22(27)18-8-5-16(6-9-18)3-4-17-7-10-20-14-21(28-2)12-11-19(20)13-17/h5-15H,3-4H2,1-2H3. The van der Waals surface area contributed by atoms with Crippen LogP contribution < -0.4 is 4.74 Å². The van der Waals surface area contributed by atoms with Crippen molar-refractivity contribution in [1.29, 1.82) is 0 Å². The average molecular weight is 386 g/mol. The monoisotopic (exact) mass is 386 g/mol. The molecule has 0 fully saturated rings. The molecule has 3 aromatic rings. The molecule has 0 spiro atoms. The quantitative estimate of drug-likeness (QED) is 0.485. The van der Waals surface area contributed by atoms with Gasteiger partial charge in [-0.05, 0) is 53.8 Å². The average Bonchev–Trinajstić information content (AvgIpc) is 2.70. The molecule has 3 rings (SSSR count). The Morgan fingerprint density at radius 2 is 1.46 bits per heavy atom. The number of benzene rings is 3. The van der Waals surface area contributed by atoms with E-state index in [0.29, 0.717) is 0 Å². The number of hydrogen-bond donors (Lipinski definition) is 0. The second-order valence-electron chi connectivity index (χ2n) is 6.87. The predicted octanol–water partition coefficient (Wildman–Crippen LogP) is 6.01. The van der Waals surface area contributed by atoms with E-state index < -0.39 is 17.9 Å². The molecule has 0 amide bonds. The fraction of sp³-hybridized carbons (Fsp3) is 0.261. The van der Waals surface area contributed by atoms with E-state index in [0.717, 1.165) is 41.9 Å². The van der Waals surface area contributed by atoms with E-state index in [1.807, 2.05) is 24.3 Å². The van der Waals surface area contributed by atoms with E-state index in [1.165, 1.54) is 17.7 Å². The lowest BCUT2D eigenvalue weighted by molar-refractivity contribution is -0.155. The van der Waals surface area contributed by atoms with Gasteiger partial charge in [0.15, 0.2) is 5.78 Å². The van der Waals surface area contributed by atoms with Crippen molar-refractivity contribution in [2.24, 2.45) is 5.92 Å². The van der Waals surface area contributed by atoms with E-state index >= 15 is 0 Å². The molecule has 1 unspecified atom stereocenters. The molecule has 0 aliphatic rings. The van der Waals surface area contributed by atoms with Gasteiger partial charge in [-0.3, -0.25) is 4.79 Å². The first-order valence-corrected chi connectivity index (χ1v) is 9.04. The summed E-state index contributed by atoms with van der Waals surface area (Å²) in [5.41, 5.74) is 2.24. The second kappa shape index (κ2) is 8.05. The summed E-state index contributed by atoms with van der Waals surface area (Å²) in [6.45, 7) is 0.894. The van der Waals surface area contributed by atoms with Gasteiger partial charge in [0.05, 0.1) is 7.11 Å². The highest BCUT2D eigenvalue weighted by Crippen LogP contribution is 2.29. The van der Waals surface area contributed by atoms with Crippen LogP contribution in [0.1, 0.15) is 28.4 Å². The molecular weight excluding hydrogens is 365 g/mol. The number of ketones is 1. The number of rotatable bonds is 6. The Morgan fingerprint density at radius 3 is 2.11 bits per heavy atom. The van der Waals surface area contributed by atoms with Crippen molar-refractivity contribution in [3.63, 3.8) is 0 Å². The van der Waals surface area contributed by atoms with Crippen LogP contribution >= 0.6 is 0 Å². The van der Waals surface area contributed by atoms with Gasteiger partial charge in [0.1, 0.15) is 11.7 Å². The molecule has 0 aliphatic carbocycles. The molecule has 0 bridgehead atoms. The van der Waals surface area contributed by atoms with Gasteiger partial charge >= 0.3 is 6.18 Å². The van der Waals surface area contributed by atoms with Crippen LogP contribution in [0.2, 0.25) is 0 Å². The van der Waals surface area contributed by atoms with Crippen LogP contribution in [0.25, 0.3) is 10.8 Å². The van der Waals surface area contributed by atoms with Crippen LogP contribution in [0.4, 0.5) is 13.2 Å². The number of hydrogen-bond acceptors (Lipinski definition) is 2. The molecule has 1 atom stereocenters. The molecule has 5 heteroatoms. The lowest BCUT2D eigenvalue weighted by Gasteiger charge is -2.14. The summed E-state index contributed by atoms with van der Waals surface area (Å²) in [6, 6.07) is 18.6. The lowest BCUT2D eigenvalue weighted by Crippen LogP contribution is -2.27. The number of methoxy groups -OCH3 is 1. The first kappa shape index (κ1) is 19.9. The maximum atomic E-state index is 12.7.